The van der Waals surface area contributed by atoms with Crippen molar-refractivity contribution in [2.45, 2.75) is 26.1 Å². The third-order valence-electron chi connectivity index (χ3n) is 3.11. The van der Waals surface area contributed by atoms with Gasteiger partial charge >= 0.3 is 0 Å². The van der Waals surface area contributed by atoms with E-state index >= 15 is 0 Å². The van der Waals surface area contributed by atoms with Crippen LogP contribution in [0, 0.1) is 5.82 Å². The Morgan fingerprint density at radius 1 is 1.10 bits per heavy atom. The maximum atomic E-state index is 13.8. The molecule has 2 aromatic rings. The lowest BCUT2D eigenvalue weighted by atomic mass is 10.1. The quantitative estimate of drug-likeness (QED) is 0.887. The van der Waals surface area contributed by atoms with Crippen molar-refractivity contribution in [2.75, 3.05) is 7.11 Å². The number of ether oxygens (including phenoxy) is 2. The van der Waals surface area contributed by atoms with Gasteiger partial charge in [0.15, 0.2) is 0 Å². The average Bonchev–Trinajstić information content (AvgIpc) is 2.47. The van der Waals surface area contributed by atoms with Crippen molar-refractivity contribution in [3.63, 3.8) is 0 Å². The Balaban J connectivity index is 1.96. The largest absolute Gasteiger partial charge is 0.497 e. The maximum absolute atomic E-state index is 13.8. The van der Waals surface area contributed by atoms with Crippen molar-refractivity contribution in [3.8, 4) is 11.5 Å². The van der Waals surface area contributed by atoms with Crippen molar-refractivity contribution in [2.24, 2.45) is 0 Å². The fourth-order valence-corrected chi connectivity index (χ4v) is 2.00. The van der Waals surface area contributed by atoms with Gasteiger partial charge in [0, 0.05) is 11.6 Å². The van der Waals surface area contributed by atoms with Crippen molar-refractivity contribution >= 4 is 0 Å². The Bertz CT molecular complexity index is 579. The molecule has 1 atom stereocenters. The monoisotopic (exact) mass is 290 g/mol. The number of aliphatic hydroxyl groups is 1. The van der Waals surface area contributed by atoms with Gasteiger partial charge in [-0.25, -0.2) is 4.39 Å². The zero-order chi connectivity index (χ0) is 15.2. The second kappa shape index (κ2) is 7.09. The molecule has 0 fully saturated rings. The van der Waals surface area contributed by atoms with Gasteiger partial charge in [0.2, 0.25) is 0 Å². The minimum atomic E-state index is -0.370. The Kier molecular flexibility index (Phi) is 5.17. The Morgan fingerprint density at radius 2 is 1.76 bits per heavy atom. The molecule has 0 aliphatic rings. The Labute approximate surface area is 124 Å². The summed E-state index contributed by atoms with van der Waals surface area (Å²) < 4.78 is 24.3. The van der Waals surface area contributed by atoms with Crippen LogP contribution in [0.1, 0.15) is 18.1 Å². The highest BCUT2D eigenvalue weighted by Gasteiger charge is 2.05. The van der Waals surface area contributed by atoms with Crippen molar-refractivity contribution in [3.05, 3.63) is 59.4 Å². The lowest BCUT2D eigenvalue weighted by Gasteiger charge is -2.09. The summed E-state index contributed by atoms with van der Waals surface area (Å²) in [5.41, 5.74) is 1.51. The lowest BCUT2D eigenvalue weighted by molar-refractivity contribution is 0.195. The number of benzene rings is 2. The van der Waals surface area contributed by atoms with Crippen LogP contribution in [0.5, 0.6) is 11.5 Å². The van der Waals surface area contributed by atoms with Gasteiger partial charge in [-0.2, -0.15) is 0 Å². The van der Waals surface area contributed by atoms with E-state index < -0.39 is 0 Å². The van der Waals surface area contributed by atoms with Gasteiger partial charge in [-0.15, -0.1) is 0 Å². The molecule has 0 amide bonds. The van der Waals surface area contributed by atoms with Gasteiger partial charge in [0.1, 0.15) is 23.9 Å². The summed E-state index contributed by atoms with van der Waals surface area (Å²) in [5, 5.41) is 9.32. The minimum absolute atomic E-state index is 0.158. The van der Waals surface area contributed by atoms with E-state index in [0.717, 1.165) is 5.56 Å². The molecule has 0 heterocycles. The molecule has 0 aliphatic heterocycles. The number of methoxy groups -OCH3 is 1. The first-order chi connectivity index (χ1) is 10.1. The molecule has 0 saturated carbocycles. The Morgan fingerprint density at radius 3 is 2.33 bits per heavy atom. The zero-order valence-electron chi connectivity index (χ0n) is 12.2. The summed E-state index contributed by atoms with van der Waals surface area (Å²) in [5.74, 6) is 0.804. The van der Waals surface area contributed by atoms with Crippen LogP contribution < -0.4 is 9.47 Å². The van der Waals surface area contributed by atoms with E-state index in [9.17, 15) is 9.50 Å². The van der Waals surface area contributed by atoms with Crippen LogP contribution in [0.2, 0.25) is 0 Å². The zero-order valence-corrected chi connectivity index (χ0v) is 12.2. The molecular formula is C17H19FO3. The number of aliphatic hydroxyl groups excluding tert-OH is 1. The molecule has 0 radical (unpaired) electrons. The van der Waals surface area contributed by atoms with E-state index in [1.54, 1.807) is 19.1 Å². The van der Waals surface area contributed by atoms with E-state index in [-0.39, 0.29) is 18.5 Å². The fourth-order valence-electron chi connectivity index (χ4n) is 2.00. The molecule has 0 aliphatic carbocycles. The van der Waals surface area contributed by atoms with Gasteiger partial charge in [-0.3, -0.25) is 0 Å². The molecule has 1 N–H and O–H groups in total. The second-order valence-corrected chi connectivity index (χ2v) is 4.94. The van der Waals surface area contributed by atoms with E-state index in [1.807, 2.05) is 24.3 Å². The van der Waals surface area contributed by atoms with Crippen LogP contribution in [0.25, 0.3) is 0 Å². The van der Waals surface area contributed by atoms with Crippen molar-refractivity contribution in [1.29, 1.82) is 0 Å². The SMILES string of the molecule is COc1ccc(COc2ccc(CC(C)O)cc2)c(F)c1. The normalized spacial score (nSPS) is 12.0. The molecule has 3 nitrogen and oxygen atoms in total. The first-order valence-corrected chi connectivity index (χ1v) is 6.80. The first-order valence-electron chi connectivity index (χ1n) is 6.80. The molecule has 0 bridgehead atoms. The summed E-state index contributed by atoms with van der Waals surface area (Å²) in [4.78, 5) is 0. The molecule has 2 aromatic carbocycles. The molecule has 0 spiro atoms. The van der Waals surface area contributed by atoms with Gasteiger partial charge in [-0.1, -0.05) is 12.1 Å². The van der Waals surface area contributed by atoms with Crippen LogP contribution in [0.3, 0.4) is 0 Å². The number of halogens is 1. The molecule has 2 rings (SSSR count). The average molecular weight is 290 g/mol. The van der Waals surface area contributed by atoms with Gasteiger partial charge in [0.05, 0.1) is 13.2 Å². The number of hydrogen-bond donors (Lipinski definition) is 1. The highest BCUT2D eigenvalue weighted by molar-refractivity contribution is 5.30. The fraction of sp³-hybridized carbons (Fsp3) is 0.294. The first kappa shape index (κ1) is 15.3. The number of rotatable bonds is 6. The van der Waals surface area contributed by atoms with Crippen LogP contribution in [0.4, 0.5) is 4.39 Å². The van der Waals surface area contributed by atoms with Crippen molar-refractivity contribution < 1.29 is 19.0 Å². The standard InChI is InChI=1S/C17H19FO3/c1-12(19)9-13-3-6-15(7-4-13)21-11-14-5-8-16(20-2)10-17(14)18/h3-8,10,12,19H,9,11H2,1-2H3. The van der Waals surface area contributed by atoms with E-state index in [4.69, 9.17) is 9.47 Å². The van der Waals surface area contributed by atoms with Gasteiger partial charge in [-0.05, 0) is 43.2 Å². The molecule has 0 aromatic heterocycles. The smallest absolute Gasteiger partial charge is 0.133 e. The number of hydrogen-bond acceptors (Lipinski definition) is 3. The van der Waals surface area contributed by atoms with Crippen molar-refractivity contribution in [1.82, 2.24) is 0 Å². The predicted molar refractivity (Wildman–Crippen MR) is 79.1 cm³/mol. The lowest BCUT2D eigenvalue weighted by Crippen LogP contribution is -2.04. The van der Waals surface area contributed by atoms with Crippen LogP contribution >= 0.6 is 0 Å². The summed E-state index contributed by atoms with van der Waals surface area (Å²) in [6, 6.07) is 12.1. The van der Waals surface area contributed by atoms with E-state index in [0.29, 0.717) is 23.5 Å². The van der Waals surface area contributed by atoms with Gasteiger partial charge < -0.3 is 14.6 Å². The van der Waals surface area contributed by atoms with E-state index in [1.165, 1.54) is 13.2 Å². The van der Waals surface area contributed by atoms with Crippen LogP contribution in [0.15, 0.2) is 42.5 Å². The summed E-state index contributed by atoms with van der Waals surface area (Å²) >= 11 is 0. The molecule has 4 heteroatoms. The highest BCUT2D eigenvalue weighted by Crippen LogP contribution is 2.19. The summed E-state index contributed by atoms with van der Waals surface area (Å²) in [7, 11) is 1.50. The molecule has 21 heavy (non-hydrogen) atoms. The van der Waals surface area contributed by atoms with Crippen LogP contribution in [-0.4, -0.2) is 18.3 Å². The summed E-state index contributed by atoms with van der Waals surface area (Å²) in [6.45, 7) is 1.91. The third-order valence-corrected chi connectivity index (χ3v) is 3.11. The second-order valence-electron chi connectivity index (χ2n) is 4.94. The third kappa shape index (κ3) is 4.46. The van der Waals surface area contributed by atoms with Gasteiger partial charge in [0.25, 0.3) is 0 Å². The van der Waals surface area contributed by atoms with E-state index in [2.05, 4.69) is 0 Å². The Hall–Kier alpha value is -2.07. The summed E-state index contributed by atoms with van der Waals surface area (Å²) in [6.07, 6.45) is 0.234. The maximum Gasteiger partial charge on any atom is 0.133 e. The predicted octanol–water partition coefficient (Wildman–Crippen LogP) is 3.34. The minimum Gasteiger partial charge on any atom is -0.497 e. The topological polar surface area (TPSA) is 38.7 Å². The highest BCUT2D eigenvalue weighted by atomic mass is 19.1. The molecule has 0 saturated heterocycles. The van der Waals surface area contributed by atoms with Crippen LogP contribution in [-0.2, 0) is 13.0 Å². The molecular weight excluding hydrogens is 271 g/mol. The molecule has 112 valence electrons. The molecule has 1 unspecified atom stereocenters.